The second-order valence-electron chi connectivity index (χ2n) is 5.52. The molecule has 0 aliphatic carbocycles. The molecule has 1 aromatic carbocycles. The molecule has 0 fully saturated rings. The zero-order chi connectivity index (χ0) is 20.5. The number of alkyl halides is 3. The molecule has 1 aromatic rings. The number of aliphatic imine (C=N–C) groups is 1. The van der Waals surface area contributed by atoms with E-state index in [1.165, 1.54) is 0 Å². The summed E-state index contributed by atoms with van der Waals surface area (Å²) < 4.78 is 103. The average molecular weight is 400 g/mol. The lowest BCUT2D eigenvalue weighted by molar-refractivity contribution is -0.216. The zero-order valence-electron chi connectivity index (χ0n) is 13.5. The minimum atomic E-state index is -4.78. The first-order valence-electron chi connectivity index (χ1n) is 7.29. The molecular weight excluding hydrogens is 389 g/mol. The molecule has 12 heteroatoms. The second kappa shape index (κ2) is 7.69. The SMILES string of the molecule is COC(CC1CC(O)OC(c2c(F)c(F)c(C#N)c(F)c2F)=N1)C(F)(F)F. The van der Waals surface area contributed by atoms with Gasteiger partial charge in [0.05, 0.1) is 6.04 Å². The fraction of sp³-hybridized carbons (Fsp3) is 0.467. The summed E-state index contributed by atoms with van der Waals surface area (Å²) in [5, 5.41) is 18.2. The van der Waals surface area contributed by atoms with E-state index in [1.807, 2.05) is 0 Å². The predicted molar refractivity (Wildman–Crippen MR) is 74.5 cm³/mol. The Hall–Kier alpha value is -2.39. The van der Waals surface area contributed by atoms with Gasteiger partial charge in [-0.05, 0) is 0 Å². The fourth-order valence-corrected chi connectivity index (χ4v) is 2.46. The van der Waals surface area contributed by atoms with Gasteiger partial charge in [-0.15, -0.1) is 0 Å². The standard InChI is InChI=1S/C15H11F7N2O3/c1-26-7(15(20,21)22)2-5-3-8(25)27-14(24-5)9-12(18)10(16)6(4-23)11(17)13(9)19/h5,7-8,25H,2-3H2,1H3. The molecule has 3 atom stereocenters. The van der Waals surface area contributed by atoms with Gasteiger partial charge in [-0.2, -0.15) is 18.4 Å². The van der Waals surface area contributed by atoms with E-state index < -0.39 is 77.7 Å². The predicted octanol–water partition coefficient (Wildman–Crippen LogP) is 2.94. The number of methoxy groups -OCH3 is 1. The smallest absolute Gasteiger partial charge is 0.414 e. The van der Waals surface area contributed by atoms with Gasteiger partial charge in [0.2, 0.25) is 12.2 Å². The number of hydrogen-bond acceptors (Lipinski definition) is 5. The minimum Gasteiger partial charge on any atom is -0.448 e. The maximum Gasteiger partial charge on any atom is 0.414 e. The summed E-state index contributed by atoms with van der Waals surface area (Å²) in [6, 6.07) is -0.437. The molecule has 0 bridgehead atoms. The van der Waals surface area contributed by atoms with E-state index in [0.717, 1.165) is 13.2 Å². The van der Waals surface area contributed by atoms with Crippen LogP contribution in [0.2, 0.25) is 0 Å². The highest BCUT2D eigenvalue weighted by atomic mass is 19.4. The van der Waals surface area contributed by atoms with Crippen molar-refractivity contribution in [3.05, 3.63) is 34.4 Å². The number of aliphatic hydroxyl groups is 1. The lowest BCUT2D eigenvalue weighted by atomic mass is 10.0. The highest BCUT2D eigenvalue weighted by molar-refractivity contribution is 5.95. The van der Waals surface area contributed by atoms with Crippen LogP contribution in [0.1, 0.15) is 24.0 Å². The molecule has 1 aliphatic heterocycles. The van der Waals surface area contributed by atoms with Gasteiger partial charge in [0, 0.05) is 20.0 Å². The van der Waals surface area contributed by atoms with E-state index in [-0.39, 0.29) is 0 Å². The van der Waals surface area contributed by atoms with Gasteiger partial charge in [0.1, 0.15) is 17.2 Å². The number of benzene rings is 1. The number of halogens is 7. The van der Waals surface area contributed by atoms with Crippen LogP contribution in [0.25, 0.3) is 0 Å². The van der Waals surface area contributed by atoms with Crippen molar-refractivity contribution < 1.29 is 45.3 Å². The summed E-state index contributed by atoms with van der Waals surface area (Å²) in [6.07, 6.45) is -10.2. The van der Waals surface area contributed by atoms with Crippen molar-refractivity contribution in [2.24, 2.45) is 4.99 Å². The Bertz CT molecular complexity index is 775. The van der Waals surface area contributed by atoms with Gasteiger partial charge in [0.25, 0.3) is 0 Å². The third-order valence-electron chi connectivity index (χ3n) is 3.75. The highest BCUT2D eigenvalue weighted by Crippen LogP contribution is 2.31. The van der Waals surface area contributed by atoms with Crippen LogP contribution in [0.3, 0.4) is 0 Å². The van der Waals surface area contributed by atoms with Gasteiger partial charge in [-0.1, -0.05) is 0 Å². The van der Waals surface area contributed by atoms with Crippen LogP contribution >= 0.6 is 0 Å². The molecule has 0 saturated carbocycles. The molecule has 27 heavy (non-hydrogen) atoms. The maximum atomic E-state index is 14.1. The Morgan fingerprint density at radius 1 is 1.22 bits per heavy atom. The van der Waals surface area contributed by atoms with Crippen molar-refractivity contribution in [2.75, 3.05) is 7.11 Å². The quantitative estimate of drug-likeness (QED) is 0.623. The number of aliphatic hydroxyl groups excluding tert-OH is 1. The summed E-state index contributed by atoms with van der Waals surface area (Å²) in [7, 11) is 0.781. The van der Waals surface area contributed by atoms with Crippen LogP contribution < -0.4 is 0 Å². The molecule has 5 nitrogen and oxygen atoms in total. The van der Waals surface area contributed by atoms with Crippen molar-refractivity contribution in [3.63, 3.8) is 0 Å². The molecule has 0 amide bonds. The number of ether oxygens (including phenoxy) is 2. The molecule has 0 aromatic heterocycles. The first kappa shape index (κ1) is 20.9. The Morgan fingerprint density at radius 3 is 2.22 bits per heavy atom. The molecule has 148 valence electrons. The molecule has 0 saturated heterocycles. The molecule has 1 aliphatic rings. The largest absolute Gasteiger partial charge is 0.448 e. The van der Waals surface area contributed by atoms with Gasteiger partial charge in [0.15, 0.2) is 29.4 Å². The lowest BCUT2D eigenvalue weighted by Crippen LogP contribution is -2.38. The van der Waals surface area contributed by atoms with E-state index in [0.29, 0.717) is 0 Å². The summed E-state index contributed by atoms with van der Waals surface area (Å²) in [5.41, 5.74) is -3.01. The fourth-order valence-electron chi connectivity index (χ4n) is 2.46. The highest BCUT2D eigenvalue weighted by Gasteiger charge is 2.43. The number of hydrogen-bond donors (Lipinski definition) is 1. The van der Waals surface area contributed by atoms with Crippen LogP contribution in [0, 0.1) is 34.6 Å². The van der Waals surface area contributed by atoms with Crippen molar-refractivity contribution in [3.8, 4) is 6.07 Å². The van der Waals surface area contributed by atoms with Crippen LogP contribution in [0.5, 0.6) is 0 Å². The van der Waals surface area contributed by atoms with Crippen molar-refractivity contribution in [1.82, 2.24) is 0 Å². The third-order valence-corrected chi connectivity index (χ3v) is 3.75. The summed E-state index contributed by atoms with van der Waals surface area (Å²) >= 11 is 0. The monoisotopic (exact) mass is 400 g/mol. The van der Waals surface area contributed by atoms with E-state index in [9.17, 15) is 35.8 Å². The Labute approximate surface area is 147 Å². The number of nitrogens with zero attached hydrogens (tertiary/aromatic N) is 2. The Morgan fingerprint density at radius 2 is 1.78 bits per heavy atom. The molecule has 1 heterocycles. The topological polar surface area (TPSA) is 74.8 Å². The van der Waals surface area contributed by atoms with Crippen LogP contribution in [-0.2, 0) is 9.47 Å². The van der Waals surface area contributed by atoms with Gasteiger partial charge in [-0.25, -0.2) is 22.6 Å². The molecule has 3 unspecified atom stereocenters. The summed E-state index contributed by atoms with van der Waals surface area (Å²) in [6.45, 7) is 0. The number of rotatable bonds is 4. The summed E-state index contributed by atoms with van der Waals surface area (Å²) in [5.74, 6) is -9.25. The van der Waals surface area contributed by atoms with Gasteiger partial charge >= 0.3 is 6.18 Å². The van der Waals surface area contributed by atoms with Gasteiger partial charge < -0.3 is 14.6 Å². The first-order chi connectivity index (χ1) is 12.5. The molecule has 0 radical (unpaired) electrons. The molecule has 2 rings (SSSR count). The maximum absolute atomic E-state index is 14.1. The van der Waals surface area contributed by atoms with E-state index in [2.05, 4.69) is 14.5 Å². The molecular formula is C15H11F7N2O3. The molecule has 0 spiro atoms. The van der Waals surface area contributed by atoms with Crippen molar-refractivity contribution in [1.29, 1.82) is 5.26 Å². The lowest BCUT2D eigenvalue weighted by Gasteiger charge is -2.28. The van der Waals surface area contributed by atoms with E-state index >= 15 is 0 Å². The Balaban J connectivity index is 2.49. The van der Waals surface area contributed by atoms with Crippen LogP contribution in [0.4, 0.5) is 30.7 Å². The van der Waals surface area contributed by atoms with Gasteiger partial charge in [-0.3, -0.25) is 0 Å². The van der Waals surface area contributed by atoms with Crippen LogP contribution in [-0.4, -0.2) is 42.7 Å². The molecule has 1 N–H and O–H groups in total. The zero-order valence-corrected chi connectivity index (χ0v) is 13.5. The summed E-state index contributed by atoms with van der Waals surface area (Å²) in [4.78, 5) is 3.52. The normalized spacial score (nSPS) is 21.3. The van der Waals surface area contributed by atoms with E-state index in [4.69, 9.17) is 5.26 Å². The van der Waals surface area contributed by atoms with E-state index in [1.54, 1.807) is 0 Å². The van der Waals surface area contributed by atoms with Crippen molar-refractivity contribution >= 4 is 5.90 Å². The number of nitriles is 1. The Kier molecular flexibility index (Phi) is 5.96. The first-order valence-corrected chi connectivity index (χ1v) is 7.29. The van der Waals surface area contributed by atoms with Crippen LogP contribution in [0.15, 0.2) is 4.99 Å². The second-order valence-corrected chi connectivity index (χ2v) is 5.52. The third kappa shape index (κ3) is 4.14. The average Bonchev–Trinajstić information content (AvgIpc) is 2.57. The van der Waals surface area contributed by atoms with Crippen molar-refractivity contribution in [2.45, 2.75) is 37.5 Å². The minimum absolute atomic E-state index is 0.482.